The summed E-state index contributed by atoms with van der Waals surface area (Å²) in [5, 5.41) is 7.08. The van der Waals surface area contributed by atoms with Crippen molar-refractivity contribution in [3.63, 3.8) is 0 Å². The Morgan fingerprint density at radius 2 is 2.57 bits per heavy atom. The molecule has 1 unspecified atom stereocenters. The molecule has 0 saturated heterocycles. The SMILES string of the molecule is C#CCNCC(C)Oc1cnn(C)c1. The summed E-state index contributed by atoms with van der Waals surface area (Å²) in [7, 11) is 1.86. The molecule has 4 heteroatoms. The van der Waals surface area contributed by atoms with Gasteiger partial charge in [-0.15, -0.1) is 6.42 Å². The van der Waals surface area contributed by atoms with Crippen molar-refractivity contribution >= 4 is 0 Å². The summed E-state index contributed by atoms with van der Waals surface area (Å²) in [5.74, 6) is 3.29. The molecule has 0 bridgehead atoms. The number of nitrogens with zero attached hydrogens (tertiary/aromatic N) is 2. The van der Waals surface area contributed by atoms with E-state index in [4.69, 9.17) is 11.2 Å². The maximum Gasteiger partial charge on any atom is 0.157 e. The maximum atomic E-state index is 5.57. The molecule has 0 aliphatic carbocycles. The number of nitrogens with one attached hydrogen (secondary N) is 1. The van der Waals surface area contributed by atoms with E-state index < -0.39 is 0 Å². The zero-order valence-electron chi connectivity index (χ0n) is 8.53. The molecule has 1 atom stereocenters. The van der Waals surface area contributed by atoms with Gasteiger partial charge in [-0.3, -0.25) is 4.68 Å². The van der Waals surface area contributed by atoms with Gasteiger partial charge in [0.1, 0.15) is 6.10 Å². The molecule has 0 radical (unpaired) electrons. The van der Waals surface area contributed by atoms with Crippen molar-refractivity contribution in [2.24, 2.45) is 7.05 Å². The molecule has 0 fully saturated rings. The summed E-state index contributed by atoms with van der Waals surface area (Å²) in [4.78, 5) is 0. The number of aromatic nitrogens is 2. The largest absolute Gasteiger partial charge is 0.486 e. The average molecular weight is 193 g/mol. The van der Waals surface area contributed by atoms with Gasteiger partial charge in [0.05, 0.1) is 18.9 Å². The highest BCUT2D eigenvalue weighted by Gasteiger charge is 2.03. The van der Waals surface area contributed by atoms with Crippen LogP contribution in [0, 0.1) is 12.3 Å². The van der Waals surface area contributed by atoms with Crippen LogP contribution in [0.2, 0.25) is 0 Å². The summed E-state index contributed by atoms with van der Waals surface area (Å²) >= 11 is 0. The first-order chi connectivity index (χ1) is 6.72. The summed E-state index contributed by atoms with van der Waals surface area (Å²) in [6, 6.07) is 0. The summed E-state index contributed by atoms with van der Waals surface area (Å²) in [5.41, 5.74) is 0. The molecule has 0 aliphatic rings. The van der Waals surface area contributed by atoms with E-state index in [1.54, 1.807) is 10.9 Å². The van der Waals surface area contributed by atoms with Gasteiger partial charge in [-0.25, -0.2) is 0 Å². The van der Waals surface area contributed by atoms with Crippen LogP contribution in [0.4, 0.5) is 0 Å². The second-order valence-corrected chi connectivity index (χ2v) is 3.11. The third-order valence-electron chi connectivity index (χ3n) is 1.68. The highest BCUT2D eigenvalue weighted by Crippen LogP contribution is 2.08. The number of hydrogen-bond acceptors (Lipinski definition) is 3. The van der Waals surface area contributed by atoms with Gasteiger partial charge in [0.25, 0.3) is 0 Å². The third kappa shape index (κ3) is 3.50. The van der Waals surface area contributed by atoms with Gasteiger partial charge >= 0.3 is 0 Å². The molecule has 76 valence electrons. The van der Waals surface area contributed by atoms with Gasteiger partial charge in [0.2, 0.25) is 0 Å². The van der Waals surface area contributed by atoms with Crippen LogP contribution < -0.4 is 10.1 Å². The van der Waals surface area contributed by atoms with Crippen LogP contribution in [-0.4, -0.2) is 29.0 Å². The lowest BCUT2D eigenvalue weighted by atomic mass is 10.4. The Morgan fingerprint density at radius 3 is 3.14 bits per heavy atom. The van der Waals surface area contributed by atoms with Crippen molar-refractivity contribution in [2.75, 3.05) is 13.1 Å². The summed E-state index contributed by atoms with van der Waals surface area (Å²) in [6.07, 6.45) is 8.72. The van der Waals surface area contributed by atoms with Crippen LogP contribution in [-0.2, 0) is 7.05 Å². The van der Waals surface area contributed by atoms with Gasteiger partial charge in [-0.2, -0.15) is 5.10 Å². The second kappa shape index (κ2) is 5.30. The standard InChI is InChI=1S/C10H15N3O/c1-4-5-11-6-9(2)14-10-7-12-13(3)8-10/h1,7-9,11H,5-6H2,2-3H3. The minimum Gasteiger partial charge on any atom is -0.486 e. The Morgan fingerprint density at radius 1 is 1.79 bits per heavy atom. The van der Waals surface area contributed by atoms with E-state index in [9.17, 15) is 0 Å². The summed E-state index contributed by atoms with van der Waals surface area (Å²) in [6.45, 7) is 3.29. The smallest absolute Gasteiger partial charge is 0.157 e. The number of hydrogen-bond donors (Lipinski definition) is 1. The van der Waals surface area contributed by atoms with E-state index in [0.717, 1.165) is 12.3 Å². The Kier molecular flexibility index (Phi) is 4.02. The minimum atomic E-state index is 0.0903. The molecule has 0 aliphatic heterocycles. The fourth-order valence-corrected chi connectivity index (χ4v) is 1.08. The fourth-order valence-electron chi connectivity index (χ4n) is 1.08. The normalized spacial score (nSPS) is 12.1. The topological polar surface area (TPSA) is 39.1 Å². The van der Waals surface area contributed by atoms with Crippen molar-refractivity contribution < 1.29 is 4.74 Å². The molecule has 4 nitrogen and oxygen atoms in total. The molecule has 0 aromatic carbocycles. The molecular weight excluding hydrogens is 178 g/mol. The van der Waals surface area contributed by atoms with Crippen LogP contribution in [0.5, 0.6) is 5.75 Å². The zero-order valence-corrected chi connectivity index (χ0v) is 8.53. The van der Waals surface area contributed by atoms with Crippen LogP contribution in [0.3, 0.4) is 0 Å². The van der Waals surface area contributed by atoms with Gasteiger partial charge in [-0.05, 0) is 6.92 Å². The first kappa shape index (κ1) is 10.6. The van der Waals surface area contributed by atoms with Crippen molar-refractivity contribution in [2.45, 2.75) is 13.0 Å². The van der Waals surface area contributed by atoms with Gasteiger partial charge in [0, 0.05) is 13.6 Å². The number of terminal acetylenes is 1. The molecular formula is C10H15N3O. The Balaban J connectivity index is 2.27. The van der Waals surface area contributed by atoms with Crippen molar-refractivity contribution in [1.82, 2.24) is 15.1 Å². The number of aryl methyl sites for hydroxylation is 1. The molecule has 1 rings (SSSR count). The summed E-state index contributed by atoms with van der Waals surface area (Å²) < 4.78 is 7.27. The van der Waals surface area contributed by atoms with E-state index in [1.165, 1.54) is 0 Å². The van der Waals surface area contributed by atoms with Crippen LogP contribution in [0.25, 0.3) is 0 Å². The maximum absolute atomic E-state index is 5.57. The van der Waals surface area contributed by atoms with E-state index in [-0.39, 0.29) is 6.10 Å². The van der Waals surface area contributed by atoms with Crippen LogP contribution in [0.1, 0.15) is 6.92 Å². The predicted octanol–water partition coefficient (Wildman–Crippen LogP) is 0.410. The monoisotopic (exact) mass is 193 g/mol. The van der Waals surface area contributed by atoms with E-state index in [0.29, 0.717) is 6.54 Å². The number of ether oxygens (including phenoxy) is 1. The molecule has 14 heavy (non-hydrogen) atoms. The quantitative estimate of drug-likeness (QED) is 0.544. The molecule has 0 saturated carbocycles. The Hall–Kier alpha value is -1.47. The first-order valence-electron chi connectivity index (χ1n) is 4.52. The lowest BCUT2D eigenvalue weighted by molar-refractivity contribution is 0.219. The molecule has 1 heterocycles. The Labute approximate surface area is 84.3 Å². The predicted molar refractivity (Wildman–Crippen MR) is 55.0 cm³/mol. The van der Waals surface area contributed by atoms with Crippen molar-refractivity contribution in [3.8, 4) is 18.1 Å². The molecule has 1 aromatic heterocycles. The van der Waals surface area contributed by atoms with E-state index in [1.807, 2.05) is 20.2 Å². The van der Waals surface area contributed by atoms with Crippen molar-refractivity contribution in [1.29, 1.82) is 0 Å². The van der Waals surface area contributed by atoms with E-state index >= 15 is 0 Å². The zero-order chi connectivity index (χ0) is 10.4. The fraction of sp³-hybridized carbons (Fsp3) is 0.500. The molecule has 1 N–H and O–H groups in total. The third-order valence-corrected chi connectivity index (χ3v) is 1.68. The second-order valence-electron chi connectivity index (χ2n) is 3.11. The van der Waals surface area contributed by atoms with Crippen LogP contribution >= 0.6 is 0 Å². The molecule has 0 amide bonds. The van der Waals surface area contributed by atoms with Gasteiger partial charge < -0.3 is 10.1 Å². The van der Waals surface area contributed by atoms with Crippen LogP contribution in [0.15, 0.2) is 12.4 Å². The Bertz CT molecular complexity index is 313. The highest BCUT2D eigenvalue weighted by atomic mass is 16.5. The number of rotatable bonds is 5. The molecule has 0 spiro atoms. The van der Waals surface area contributed by atoms with E-state index in [2.05, 4.69) is 16.3 Å². The first-order valence-corrected chi connectivity index (χ1v) is 4.52. The van der Waals surface area contributed by atoms with Gasteiger partial charge in [0.15, 0.2) is 5.75 Å². The minimum absolute atomic E-state index is 0.0903. The lowest BCUT2D eigenvalue weighted by Crippen LogP contribution is -2.29. The van der Waals surface area contributed by atoms with Gasteiger partial charge in [-0.1, -0.05) is 5.92 Å². The van der Waals surface area contributed by atoms with Crippen molar-refractivity contribution in [3.05, 3.63) is 12.4 Å². The highest BCUT2D eigenvalue weighted by molar-refractivity contribution is 5.11. The molecule has 1 aromatic rings. The average Bonchev–Trinajstić information content (AvgIpc) is 2.52. The lowest BCUT2D eigenvalue weighted by Gasteiger charge is -2.12.